The van der Waals surface area contributed by atoms with Crippen molar-refractivity contribution in [3.05, 3.63) is 63.6 Å². The van der Waals surface area contributed by atoms with Crippen LogP contribution in [0.15, 0.2) is 41.2 Å². The van der Waals surface area contributed by atoms with Gasteiger partial charge in [-0.15, -0.1) is 0 Å². The van der Waals surface area contributed by atoms with Gasteiger partial charge in [-0.1, -0.05) is 41.7 Å². The lowest BCUT2D eigenvalue weighted by atomic mass is 10.1. The highest BCUT2D eigenvalue weighted by atomic mass is 32.1. The van der Waals surface area contributed by atoms with E-state index in [1.807, 2.05) is 26.0 Å². The van der Waals surface area contributed by atoms with E-state index in [9.17, 15) is 9.59 Å². The lowest BCUT2D eigenvalue weighted by Crippen LogP contribution is -2.18. The zero-order valence-corrected chi connectivity index (χ0v) is 15.1. The minimum Gasteiger partial charge on any atom is -0.302 e. The number of hydrogen-bond acceptors (Lipinski definition) is 5. The molecule has 0 bridgehead atoms. The van der Waals surface area contributed by atoms with Crippen LogP contribution < -0.4 is 10.9 Å². The Bertz CT molecular complexity index is 1170. The molecule has 0 aliphatic carbocycles. The number of H-pyrrole nitrogens is 1. The number of benzene rings is 2. The SMILES string of the molecule is Cc1ccc(C)c2sc(NC(=O)Cc3n[nH]c(=O)c4ccccc34)nc12. The lowest BCUT2D eigenvalue weighted by molar-refractivity contribution is -0.115. The number of amides is 1. The topological polar surface area (TPSA) is 87.7 Å². The predicted octanol–water partition coefficient (Wildman–Crippen LogP) is 3.33. The van der Waals surface area contributed by atoms with Gasteiger partial charge in [0.2, 0.25) is 5.91 Å². The highest BCUT2D eigenvalue weighted by Crippen LogP contribution is 2.30. The van der Waals surface area contributed by atoms with Crippen LogP contribution >= 0.6 is 11.3 Å². The number of thiazole rings is 1. The summed E-state index contributed by atoms with van der Waals surface area (Å²) in [5, 5.41) is 11.1. The summed E-state index contributed by atoms with van der Waals surface area (Å²) in [4.78, 5) is 28.9. The maximum atomic E-state index is 12.5. The van der Waals surface area contributed by atoms with Crippen LogP contribution in [-0.4, -0.2) is 21.1 Å². The molecular weight excluding hydrogens is 348 g/mol. The standard InChI is InChI=1S/C19H16N4O2S/c1-10-7-8-11(2)17-16(10)21-19(26-17)20-15(24)9-14-12-5-3-4-6-13(12)18(25)23-22-14/h3-8H,9H2,1-2H3,(H,23,25)(H,20,21,24). The molecule has 4 aromatic rings. The van der Waals surface area contributed by atoms with Gasteiger partial charge in [0.25, 0.3) is 5.56 Å². The van der Waals surface area contributed by atoms with Crippen LogP contribution in [0.25, 0.3) is 21.0 Å². The molecule has 0 saturated heterocycles. The Labute approximate surface area is 152 Å². The second-order valence-corrected chi connectivity index (χ2v) is 7.17. The summed E-state index contributed by atoms with van der Waals surface area (Å²) in [6.45, 7) is 4.03. The van der Waals surface area contributed by atoms with E-state index in [-0.39, 0.29) is 17.9 Å². The predicted molar refractivity (Wildman–Crippen MR) is 104 cm³/mol. The first-order valence-corrected chi connectivity index (χ1v) is 8.97. The van der Waals surface area contributed by atoms with Crippen LogP contribution in [0.5, 0.6) is 0 Å². The third-order valence-corrected chi connectivity index (χ3v) is 5.40. The summed E-state index contributed by atoms with van der Waals surface area (Å²) < 4.78 is 1.08. The van der Waals surface area contributed by atoms with Crippen LogP contribution in [0.4, 0.5) is 5.13 Å². The maximum absolute atomic E-state index is 12.5. The number of carbonyl (C=O) groups excluding carboxylic acids is 1. The van der Waals surface area contributed by atoms with Crippen molar-refractivity contribution in [3.63, 3.8) is 0 Å². The molecule has 0 aliphatic rings. The van der Waals surface area contributed by atoms with E-state index in [0.29, 0.717) is 21.6 Å². The third-order valence-electron chi connectivity index (χ3n) is 4.29. The van der Waals surface area contributed by atoms with Crippen LogP contribution in [0.2, 0.25) is 0 Å². The quantitative estimate of drug-likeness (QED) is 0.584. The molecule has 4 rings (SSSR count). The van der Waals surface area contributed by atoms with Gasteiger partial charge in [-0.25, -0.2) is 10.1 Å². The highest BCUT2D eigenvalue weighted by molar-refractivity contribution is 7.22. The Morgan fingerprint density at radius 1 is 1.12 bits per heavy atom. The number of carbonyl (C=O) groups is 1. The van der Waals surface area contributed by atoms with E-state index in [4.69, 9.17) is 0 Å². The van der Waals surface area contributed by atoms with E-state index in [1.165, 1.54) is 11.3 Å². The van der Waals surface area contributed by atoms with Gasteiger partial charge in [0.05, 0.1) is 27.7 Å². The van der Waals surface area contributed by atoms with Crippen LogP contribution in [0.3, 0.4) is 0 Å². The highest BCUT2D eigenvalue weighted by Gasteiger charge is 2.14. The van der Waals surface area contributed by atoms with E-state index in [2.05, 4.69) is 26.6 Å². The fraction of sp³-hybridized carbons (Fsp3) is 0.158. The second-order valence-electron chi connectivity index (χ2n) is 6.17. The molecule has 26 heavy (non-hydrogen) atoms. The van der Waals surface area contributed by atoms with E-state index < -0.39 is 0 Å². The first-order chi connectivity index (χ1) is 12.5. The Balaban J connectivity index is 1.62. The molecule has 0 saturated carbocycles. The van der Waals surface area contributed by atoms with Crippen molar-refractivity contribution in [2.24, 2.45) is 0 Å². The van der Waals surface area contributed by atoms with Crippen LogP contribution in [0, 0.1) is 13.8 Å². The number of aromatic nitrogens is 3. The van der Waals surface area contributed by atoms with Crippen molar-refractivity contribution < 1.29 is 4.79 Å². The molecule has 2 aromatic carbocycles. The number of aryl methyl sites for hydroxylation is 2. The lowest BCUT2D eigenvalue weighted by Gasteiger charge is -2.04. The van der Waals surface area contributed by atoms with Gasteiger partial charge in [0.15, 0.2) is 5.13 Å². The summed E-state index contributed by atoms with van der Waals surface area (Å²) in [5.41, 5.74) is 3.40. The average molecular weight is 364 g/mol. The Hall–Kier alpha value is -3.06. The van der Waals surface area contributed by atoms with Crippen LogP contribution in [0.1, 0.15) is 16.8 Å². The van der Waals surface area contributed by atoms with Gasteiger partial charge in [0, 0.05) is 5.39 Å². The number of aromatic amines is 1. The molecule has 0 aliphatic heterocycles. The Morgan fingerprint density at radius 2 is 1.85 bits per heavy atom. The number of nitrogens with one attached hydrogen (secondary N) is 2. The zero-order chi connectivity index (χ0) is 18.3. The van der Waals surface area contributed by atoms with E-state index >= 15 is 0 Å². The number of anilines is 1. The van der Waals surface area contributed by atoms with Gasteiger partial charge < -0.3 is 5.32 Å². The summed E-state index contributed by atoms with van der Waals surface area (Å²) in [5.74, 6) is -0.218. The van der Waals surface area contributed by atoms with Crippen molar-refractivity contribution >= 4 is 43.4 Å². The molecule has 6 nitrogen and oxygen atoms in total. The number of hydrogen-bond donors (Lipinski definition) is 2. The van der Waals surface area contributed by atoms with E-state index in [0.717, 1.165) is 21.3 Å². The third kappa shape index (κ3) is 2.86. The van der Waals surface area contributed by atoms with Crippen molar-refractivity contribution in [2.75, 3.05) is 5.32 Å². The normalized spacial score (nSPS) is 11.2. The molecule has 7 heteroatoms. The Morgan fingerprint density at radius 3 is 2.62 bits per heavy atom. The molecule has 0 atom stereocenters. The molecule has 0 unspecified atom stereocenters. The molecular formula is C19H16N4O2S. The molecule has 0 spiro atoms. The smallest absolute Gasteiger partial charge is 0.272 e. The molecule has 130 valence electrons. The van der Waals surface area contributed by atoms with Crippen molar-refractivity contribution in [1.29, 1.82) is 0 Å². The van der Waals surface area contributed by atoms with Gasteiger partial charge in [-0.2, -0.15) is 5.10 Å². The zero-order valence-electron chi connectivity index (χ0n) is 14.3. The summed E-state index contributed by atoms with van der Waals surface area (Å²) >= 11 is 1.46. The number of nitrogens with zero attached hydrogens (tertiary/aromatic N) is 2. The second kappa shape index (κ2) is 6.34. The summed E-state index contributed by atoms with van der Waals surface area (Å²) in [6.07, 6.45) is 0.0607. The van der Waals surface area contributed by atoms with Gasteiger partial charge in [0.1, 0.15) is 0 Å². The maximum Gasteiger partial charge on any atom is 0.272 e. The van der Waals surface area contributed by atoms with Crippen molar-refractivity contribution in [3.8, 4) is 0 Å². The molecule has 0 radical (unpaired) electrons. The van der Waals surface area contributed by atoms with E-state index in [1.54, 1.807) is 18.2 Å². The number of fused-ring (bicyclic) bond motifs is 2. The molecule has 0 fully saturated rings. The fourth-order valence-electron chi connectivity index (χ4n) is 2.93. The number of rotatable bonds is 3. The molecule has 2 N–H and O–H groups in total. The minimum atomic E-state index is -0.262. The monoisotopic (exact) mass is 364 g/mol. The van der Waals surface area contributed by atoms with Gasteiger partial charge >= 0.3 is 0 Å². The molecule has 2 heterocycles. The Kier molecular flexibility index (Phi) is 4.00. The summed E-state index contributed by atoms with van der Waals surface area (Å²) in [7, 11) is 0. The van der Waals surface area contributed by atoms with Gasteiger partial charge in [-0.3, -0.25) is 9.59 Å². The van der Waals surface area contributed by atoms with Crippen molar-refractivity contribution in [1.82, 2.24) is 15.2 Å². The molecule has 2 aromatic heterocycles. The average Bonchev–Trinajstić information content (AvgIpc) is 3.06. The summed E-state index contributed by atoms with van der Waals surface area (Å²) in [6, 6.07) is 11.2. The van der Waals surface area contributed by atoms with Crippen molar-refractivity contribution in [2.45, 2.75) is 20.3 Å². The first kappa shape index (κ1) is 16.4. The molecule has 1 amide bonds. The fourth-order valence-corrected chi connectivity index (χ4v) is 3.96. The largest absolute Gasteiger partial charge is 0.302 e. The minimum absolute atomic E-state index is 0.0607. The first-order valence-electron chi connectivity index (χ1n) is 8.16. The van der Waals surface area contributed by atoms with Crippen LogP contribution in [-0.2, 0) is 11.2 Å². The van der Waals surface area contributed by atoms with Gasteiger partial charge in [-0.05, 0) is 31.0 Å².